The molecule has 0 radical (unpaired) electrons. The van der Waals surface area contributed by atoms with Gasteiger partial charge in [-0.05, 0) is 12.5 Å². The minimum Gasteiger partial charge on any atom is -0.258 e. The number of nitro groups is 1. The molecule has 0 N–H and O–H groups in total. The number of para-hydroxylation sites is 1. The second-order valence-electron chi connectivity index (χ2n) is 3.83. The summed E-state index contributed by atoms with van der Waals surface area (Å²) < 4.78 is 1.33. The Kier molecular flexibility index (Phi) is 4.16. The van der Waals surface area contributed by atoms with Gasteiger partial charge in [0.05, 0.1) is 26.7 Å². The summed E-state index contributed by atoms with van der Waals surface area (Å²) in [7, 11) is 0. The molecule has 0 amide bonds. The first kappa shape index (κ1) is 14.0. The Morgan fingerprint density at radius 1 is 1.58 bits per heavy atom. The number of hydrogen-bond acceptors (Lipinski definition) is 4. The molecule has 1 heterocycles. The van der Waals surface area contributed by atoms with Gasteiger partial charge in [0.1, 0.15) is 0 Å². The van der Waals surface area contributed by atoms with Gasteiger partial charge in [-0.25, -0.2) is 4.68 Å². The molecule has 1 unspecified atom stereocenters. The van der Waals surface area contributed by atoms with Gasteiger partial charge in [0.2, 0.25) is 0 Å². The second kappa shape index (κ2) is 5.66. The van der Waals surface area contributed by atoms with Gasteiger partial charge >= 0.3 is 0 Å². The van der Waals surface area contributed by atoms with Gasteiger partial charge in [-0.1, -0.05) is 45.7 Å². The zero-order valence-electron chi connectivity index (χ0n) is 9.96. The van der Waals surface area contributed by atoms with Crippen LogP contribution in [0.25, 0.3) is 5.69 Å². The van der Waals surface area contributed by atoms with Crippen molar-refractivity contribution in [1.29, 1.82) is 0 Å². The van der Waals surface area contributed by atoms with Crippen LogP contribution in [-0.4, -0.2) is 19.9 Å². The third-order valence-corrected chi connectivity index (χ3v) is 4.00. The Balaban J connectivity index is 2.53. The van der Waals surface area contributed by atoms with E-state index in [-0.39, 0.29) is 21.2 Å². The topological polar surface area (TPSA) is 73.8 Å². The highest BCUT2D eigenvalue weighted by Gasteiger charge is 2.20. The van der Waals surface area contributed by atoms with Gasteiger partial charge in [0, 0.05) is 6.07 Å². The van der Waals surface area contributed by atoms with Crippen molar-refractivity contribution in [1.82, 2.24) is 15.0 Å². The van der Waals surface area contributed by atoms with E-state index in [9.17, 15) is 10.1 Å². The van der Waals surface area contributed by atoms with E-state index in [1.807, 2.05) is 6.92 Å². The molecule has 100 valence electrons. The molecule has 0 saturated carbocycles. The van der Waals surface area contributed by atoms with Crippen LogP contribution >= 0.6 is 27.5 Å². The van der Waals surface area contributed by atoms with Crippen molar-refractivity contribution in [3.63, 3.8) is 0 Å². The van der Waals surface area contributed by atoms with Gasteiger partial charge in [-0.15, -0.1) is 5.10 Å². The molecule has 0 spiro atoms. The van der Waals surface area contributed by atoms with Crippen LogP contribution in [0, 0.1) is 10.1 Å². The first-order valence-corrected chi connectivity index (χ1v) is 6.83. The summed E-state index contributed by atoms with van der Waals surface area (Å²) in [5.41, 5.74) is 0.826. The summed E-state index contributed by atoms with van der Waals surface area (Å²) in [5, 5.41) is 19.2. The van der Waals surface area contributed by atoms with Gasteiger partial charge in [-0.2, -0.15) is 0 Å². The second-order valence-corrected chi connectivity index (χ2v) is 5.34. The summed E-state index contributed by atoms with van der Waals surface area (Å²) in [6.45, 7) is 2.00. The predicted molar refractivity (Wildman–Crippen MR) is 75.0 cm³/mol. The molecular weight excluding hydrogens is 336 g/mol. The average Bonchev–Trinajstić information content (AvgIpc) is 2.86. The maximum absolute atomic E-state index is 11.0. The number of alkyl halides is 1. The first-order chi connectivity index (χ1) is 9.04. The monoisotopic (exact) mass is 344 g/mol. The maximum Gasteiger partial charge on any atom is 0.296 e. The van der Waals surface area contributed by atoms with Gasteiger partial charge in [0.15, 0.2) is 5.69 Å². The Labute approximate surface area is 122 Å². The molecule has 1 atom stereocenters. The molecule has 0 fully saturated rings. The van der Waals surface area contributed by atoms with Crippen LogP contribution in [0.2, 0.25) is 5.02 Å². The van der Waals surface area contributed by atoms with Crippen LogP contribution in [0.1, 0.15) is 23.9 Å². The lowest BCUT2D eigenvalue weighted by Gasteiger charge is -2.04. The van der Waals surface area contributed by atoms with E-state index in [1.165, 1.54) is 16.8 Å². The summed E-state index contributed by atoms with van der Waals surface area (Å²) in [6, 6.07) is 4.49. The normalized spacial score (nSPS) is 12.4. The number of benzene rings is 1. The number of rotatable bonds is 4. The fourth-order valence-corrected chi connectivity index (χ4v) is 2.08. The lowest BCUT2D eigenvalue weighted by Crippen LogP contribution is -2.01. The maximum atomic E-state index is 11.0. The molecule has 0 aliphatic rings. The zero-order chi connectivity index (χ0) is 14.0. The van der Waals surface area contributed by atoms with E-state index in [2.05, 4.69) is 26.2 Å². The number of aromatic nitrogens is 3. The molecule has 8 heteroatoms. The van der Waals surface area contributed by atoms with Crippen molar-refractivity contribution in [2.75, 3.05) is 0 Å². The van der Waals surface area contributed by atoms with E-state index in [4.69, 9.17) is 11.6 Å². The predicted octanol–water partition coefficient (Wildman–Crippen LogP) is 3.67. The van der Waals surface area contributed by atoms with E-state index in [0.29, 0.717) is 5.69 Å². The third kappa shape index (κ3) is 2.76. The van der Waals surface area contributed by atoms with Crippen molar-refractivity contribution in [2.24, 2.45) is 0 Å². The number of hydrogen-bond donors (Lipinski definition) is 0. The lowest BCUT2D eigenvalue weighted by molar-refractivity contribution is -0.384. The Morgan fingerprint density at radius 2 is 2.32 bits per heavy atom. The molecule has 0 saturated heterocycles. The molecular formula is C11H10BrClN4O2. The zero-order valence-corrected chi connectivity index (χ0v) is 12.3. The molecule has 2 aromatic rings. The molecule has 19 heavy (non-hydrogen) atoms. The molecule has 2 rings (SSSR count). The van der Waals surface area contributed by atoms with Gasteiger partial charge in [0.25, 0.3) is 5.69 Å². The summed E-state index contributed by atoms with van der Waals surface area (Å²) >= 11 is 9.48. The van der Waals surface area contributed by atoms with E-state index < -0.39 is 4.92 Å². The molecule has 1 aromatic heterocycles. The first-order valence-electron chi connectivity index (χ1n) is 5.54. The minimum absolute atomic E-state index is 0.0581. The van der Waals surface area contributed by atoms with Crippen molar-refractivity contribution >= 4 is 33.2 Å². The van der Waals surface area contributed by atoms with Crippen molar-refractivity contribution in [3.8, 4) is 5.69 Å². The average molecular weight is 346 g/mol. The summed E-state index contributed by atoms with van der Waals surface area (Å²) in [5.74, 6) is 0. The van der Waals surface area contributed by atoms with Gasteiger partial charge < -0.3 is 0 Å². The Bertz CT molecular complexity index is 616. The standard InChI is InChI=1S/C11H10BrClN4O2/c1-2-7(12)9-6-16(15-14-9)11-8(13)4-3-5-10(11)17(18)19/h3-7H,2H2,1H3. The number of nitrogens with zero attached hydrogens (tertiary/aromatic N) is 4. The van der Waals surface area contributed by atoms with Crippen LogP contribution in [0.3, 0.4) is 0 Å². The van der Waals surface area contributed by atoms with E-state index in [0.717, 1.165) is 6.42 Å². The van der Waals surface area contributed by atoms with E-state index in [1.54, 1.807) is 12.3 Å². The minimum atomic E-state index is -0.492. The van der Waals surface area contributed by atoms with Crippen LogP contribution < -0.4 is 0 Å². The summed E-state index contributed by atoms with van der Waals surface area (Å²) in [4.78, 5) is 10.6. The third-order valence-electron chi connectivity index (χ3n) is 2.58. The SMILES string of the molecule is CCC(Br)c1cn(-c2c(Cl)cccc2[N+](=O)[O-])nn1. The van der Waals surface area contributed by atoms with Crippen LogP contribution in [-0.2, 0) is 0 Å². The lowest BCUT2D eigenvalue weighted by atomic mass is 10.2. The van der Waals surface area contributed by atoms with Crippen molar-refractivity contribution < 1.29 is 4.92 Å². The largest absolute Gasteiger partial charge is 0.296 e. The van der Waals surface area contributed by atoms with Crippen molar-refractivity contribution in [2.45, 2.75) is 18.2 Å². The van der Waals surface area contributed by atoms with E-state index >= 15 is 0 Å². The van der Waals surface area contributed by atoms with Gasteiger partial charge in [-0.3, -0.25) is 10.1 Å². The number of nitro benzene ring substituents is 1. The highest BCUT2D eigenvalue weighted by atomic mass is 79.9. The smallest absolute Gasteiger partial charge is 0.258 e. The number of halogens is 2. The Morgan fingerprint density at radius 3 is 2.95 bits per heavy atom. The van der Waals surface area contributed by atoms with Crippen LogP contribution in [0.4, 0.5) is 5.69 Å². The van der Waals surface area contributed by atoms with Crippen LogP contribution in [0.15, 0.2) is 24.4 Å². The highest BCUT2D eigenvalue weighted by molar-refractivity contribution is 9.09. The van der Waals surface area contributed by atoms with Crippen molar-refractivity contribution in [3.05, 3.63) is 45.2 Å². The molecule has 0 bridgehead atoms. The fraction of sp³-hybridized carbons (Fsp3) is 0.273. The van der Waals surface area contributed by atoms with Crippen LogP contribution in [0.5, 0.6) is 0 Å². The molecule has 1 aromatic carbocycles. The molecule has 0 aliphatic heterocycles. The Hall–Kier alpha value is -1.47. The highest BCUT2D eigenvalue weighted by Crippen LogP contribution is 2.31. The fourth-order valence-electron chi connectivity index (χ4n) is 1.62. The quantitative estimate of drug-likeness (QED) is 0.481. The summed E-state index contributed by atoms with van der Waals surface area (Å²) in [6.07, 6.45) is 2.47. The molecule has 0 aliphatic carbocycles. The molecule has 6 nitrogen and oxygen atoms in total.